The van der Waals surface area contributed by atoms with Crippen molar-refractivity contribution in [2.45, 2.75) is 51.8 Å². The molecule has 2 aromatic carbocycles. The van der Waals surface area contributed by atoms with Gasteiger partial charge in [0.15, 0.2) is 0 Å². The summed E-state index contributed by atoms with van der Waals surface area (Å²) in [6, 6.07) is 8.73. The third-order valence-electron chi connectivity index (χ3n) is 7.30. The summed E-state index contributed by atoms with van der Waals surface area (Å²) in [5.41, 5.74) is 1.44. The second-order valence-corrected chi connectivity index (χ2v) is 11.3. The topological polar surface area (TPSA) is 171 Å². The number of carbonyl (C=O) groups is 4. The Kier molecular flexibility index (Phi) is 11.9. The van der Waals surface area contributed by atoms with Gasteiger partial charge in [0, 0.05) is 12.1 Å². The fourth-order valence-corrected chi connectivity index (χ4v) is 5.01. The number of methoxy groups -OCH3 is 1. The molecule has 0 spiro atoms. The third kappa shape index (κ3) is 10.1. The van der Waals surface area contributed by atoms with Gasteiger partial charge in [0.1, 0.15) is 17.6 Å². The molecule has 1 aliphatic heterocycles. The molecule has 0 radical (unpaired) electrons. The number of benzene rings is 2. The molecule has 0 bridgehead atoms. The van der Waals surface area contributed by atoms with E-state index in [9.17, 15) is 45.8 Å². The first-order valence-electron chi connectivity index (χ1n) is 14.5. The van der Waals surface area contributed by atoms with Crippen molar-refractivity contribution >= 4 is 23.9 Å². The number of carbonyl (C=O) groups excluding carboxylic acids is 2. The predicted molar refractivity (Wildman–Crippen MR) is 159 cm³/mol. The number of likely N-dealkylation sites (tertiary alicyclic amines) is 1. The number of hydrogen-bond acceptors (Lipinski definition) is 7. The molecule has 1 aromatic heterocycles. The van der Waals surface area contributed by atoms with E-state index in [4.69, 9.17) is 9.90 Å². The maximum absolute atomic E-state index is 13.5. The number of aromatic carboxylic acids is 1. The number of H-pyrrole nitrogens is 1. The Morgan fingerprint density at radius 2 is 1.59 bits per heavy atom. The molecule has 49 heavy (non-hydrogen) atoms. The first-order valence-corrected chi connectivity index (χ1v) is 14.5. The van der Waals surface area contributed by atoms with Crippen molar-refractivity contribution in [2.24, 2.45) is 11.8 Å². The summed E-state index contributed by atoms with van der Waals surface area (Å²) in [6.45, 7) is 6.19. The fourth-order valence-electron chi connectivity index (χ4n) is 5.01. The number of alkyl carbamates (subject to hydrolysis) is 1. The number of rotatable bonds is 8. The Hall–Kier alpha value is -5.29. The zero-order chi connectivity index (χ0) is 36.8. The summed E-state index contributed by atoms with van der Waals surface area (Å²) in [5.74, 6) is -4.42. The number of alkyl halides is 6. The van der Waals surface area contributed by atoms with Crippen LogP contribution in [0.25, 0.3) is 22.4 Å². The summed E-state index contributed by atoms with van der Waals surface area (Å²) in [5, 5.41) is 18.9. The average molecular weight is 703 g/mol. The van der Waals surface area contributed by atoms with Crippen molar-refractivity contribution in [1.82, 2.24) is 20.2 Å². The van der Waals surface area contributed by atoms with Crippen LogP contribution in [0.2, 0.25) is 0 Å². The van der Waals surface area contributed by atoms with E-state index in [0.29, 0.717) is 35.6 Å². The molecule has 2 amide bonds. The number of carboxylic acid groups (broad SMARTS) is 2. The highest BCUT2D eigenvalue weighted by Crippen LogP contribution is 2.38. The van der Waals surface area contributed by atoms with Gasteiger partial charge >= 0.3 is 30.6 Å². The Morgan fingerprint density at radius 1 is 1.00 bits per heavy atom. The van der Waals surface area contributed by atoms with E-state index in [0.717, 1.165) is 6.07 Å². The normalized spacial score (nSPS) is 16.8. The third-order valence-corrected chi connectivity index (χ3v) is 7.30. The maximum atomic E-state index is 13.5. The molecule has 0 aliphatic carbocycles. The van der Waals surface area contributed by atoms with Crippen molar-refractivity contribution in [3.8, 4) is 28.1 Å². The monoisotopic (exact) mass is 702 g/mol. The van der Waals surface area contributed by atoms with E-state index in [-0.39, 0.29) is 34.9 Å². The second kappa shape index (κ2) is 15.3. The number of nitrogens with zero attached hydrogens (tertiary/aromatic N) is 2. The van der Waals surface area contributed by atoms with Crippen LogP contribution in [-0.2, 0) is 14.3 Å². The number of ether oxygens (including phenoxy) is 2. The molecule has 4 rings (SSSR count). The van der Waals surface area contributed by atoms with Gasteiger partial charge in [0.2, 0.25) is 5.91 Å². The smallest absolute Gasteiger partial charge is 0.478 e. The molecule has 12 nitrogen and oxygen atoms in total. The molecule has 1 saturated heterocycles. The molecule has 18 heteroatoms. The van der Waals surface area contributed by atoms with Crippen molar-refractivity contribution in [1.29, 1.82) is 0 Å². The number of imidazole rings is 1. The number of hydrogen-bond donors (Lipinski definition) is 4. The van der Waals surface area contributed by atoms with Crippen LogP contribution < -0.4 is 10.1 Å². The molecule has 266 valence electrons. The van der Waals surface area contributed by atoms with Crippen LogP contribution >= 0.6 is 0 Å². The minimum absolute atomic E-state index is 0.0727. The van der Waals surface area contributed by atoms with Gasteiger partial charge in [-0.25, -0.2) is 19.4 Å². The summed E-state index contributed by atoms with van der Waals surface area (Å²) in [7, 11) is 1.24. The lowest BCUT2D eigenvalue weighted by atomic mass is 10.0. The molecular formula is C31H32F6N4O8. The molecular weight excluding hydrogens is 670 g/mol. The summed E-state index contributed by atoms with van der Waals surface area (Å²) < 4.78 is 79.6. The summed E-state index contributed by atoms with van der Waals surface area (Å²) in [4.78, 5) is 55.0. The van der Waals surface area contributed by atoms with Crippen LogP contribution in [0.5, 0.6) is 5.75 Å². The molecule has 1 fully saturated rings. The maximum Gasteiger partial charge on any atom is 0.573 e. The molecule has 3 aromatic rings. The van der Waals surface area contributed by atoms with E-state index in [1.54, 1.807) is 35.4 Å². The first-order chi connectivity index (χ1) is 22.7. The van der Waals surface area contributed by atoms with Gasteiger partial charge in [0.25, 0.3) is 0 Å². The average Bonchev–Trinajstić information content (AvgIpc) is 3.65. The highest BCUT2D eigenvalue weighted by molar-refractivity contribution is 5.90. The summed E-state index contributed by atoms with van der Waals surface area (Å²) >= 11 is 0. The van der Waals surface area contributed by atoms with Crippen LogP contribution in [0, 0.1) is 11.8 Å². The van der Waals surface area contributed by atoms with E-state index >= 15 is 0 Å². The predicted octanol–water partition coefficient (Wildman–Crippen LogP) is 6.26. The zero-order valence-electron chi connectivity index (χ0n) is 26.3. The van der Waals surface area contributed by atoms with Gasteiger partial charge in [0.05, 0.1) is 30.6 Å². The number of halogens is 6. The molecule has 1 aliphatic rings. The number of aromatic nitrogens is 2. The van der Waals surface area contributed by atoms with E-state index in [1.807, 2.05) is 20.8 Å². The Bertz CT molecular complexity index is 1660. The summed E-state index contributed by atoms with van der Waals surface area (Å²) in [6.07, 6.45) is -8.50. The van der Waals surface area contributed by atoms with Gasteiger partial charge in [-0.2, -0.15) is 13.2 Å². The van der Waals surface area contributed by atoms with E-state index in [2.05, 4.69) is 24.8 Å². The quantitative estimate of drug-likeness (QED) is 0.198. The van der Waals surface area contributed by atoms with Gasteiger partial charge in [-0.15, -0.1) is 13.2 Å². The largest absolute Gasteiger partial charge is 0.573 e. The number of amides is 2. The highest BCUT2D eigenvalue weighted by Gasteiger charge is 2.40. The van der Waals surface area contributed by atoms with Gasteiger partial charge < -0.3 is 34.9 Å². The minimum Gasteiger partial charge on any atom is -0.478 e. The van der Waals surface area contributed by atoms with Crippen LogP contribution in [0.1, 0.15) is 49.4 Å². The molecule has 0 unspecified atom stereocenters. The van der Waals surface area contributed by atoms with Crippen molar-refractivity contribution in [3.63, 3.8) is 0 Å². The number of nitrogens with one attached hydrogen (secondary N) is 2. The van der Waals surface area contributed by atoms with Gasteiger partial charge in [-0.05, 0) is 47.6 Å². The van der Waals surface area contributed by atoms with Crippen LogP contribution in [-0.4, -0.2) is 81.3 Å². The number of carboxylic acids is 2. The van der Waals surface area contributed by atoms with Gasteiger partial charge in [-0.1, -0.05) is 45.0 Å². The zero-order valence-corrected chi connectivity index (χ0v) is 26.3. The lowest BCUT2D eigenvalue weighted by molar-refractivity contribution is -0.274. The van der Waals surface area contributed by atoms with Crippen molar-refractivity contribution < 1.29 is 65.2 Å². The second-order valence-electron chi connectivity index (χ2n) is 11.3. The molecule has 2 heterocycles. The van der Waals surface area contributed by atoms with Gasteiger partial charge in [-0.3, -0.25) is 4.79 Å². The van der Waals surface area contributed by atoms with Crippen molar-refractivity contribution in [3.05, 3.63) is 60.0 Å². The standard InChI is InChI=1S/C29H31F3N4O6.C2HF3O2/c1-15(2)24(35-28(40)41-4)26(37)36-14-16(3)11-22(36)25-33-13-21(34-25)18-7-5-17(6-8-18)20-10-9-19(27(38)39)12-23(20)42-29(30,31)32;3-2(4,5)1(6)7/h5-10,12-13,15-16,22,24H,11,14H2,1-4H3,(H,33,34)(H,35,40)(H,38,39);(H,6,7)/t16-,22-,24-;/m0./s1. The Labute approximate surface area is 275 Å². The highest BCUT2D eigenvalue weighted by atomic mass is 19.4. The van der Waals surface area contributed by atoms with Crippen molar-refractivity contribution in [2.75, 3.05) is 13.7 Å². The van der Waals surface area contributed by atoms with Crippen LogP contribution in [0.3, 0.4) is 0 Å². The van der Waals surface area contributed by atoms with E-state index < -0.39 is 42.4 Å². The lowest BCUT2D eigenvalue weighted by Crippen LogP contribution is -2.51. The van der Waals surface area contributed by atoms with E-state index in [1.165, 1.54) is 19.2 Å². The van der Waals surface area contributed by atoms with Crippen LogP contribution in [0.4, 0.5) is 31.1 Å². The lowest BCUT2D eigenvalue weighted by Gasteiger charge is -2.30. The first kappa shape index (κ1) is 38.2. The molecule has 4 N–H and O–H groups in total. The number of aliphatic carboxylic acids is 1. The Morgan fingerprint density at radius 3 is 2.10 bits per heavy atom. The Balaban J connectivity index is 0.000000838. The number of aromatic amines is 1. The molecule has 3 atom stereocenters. The van der Waals surface area contributed by atoms with Crippen LogP contribution in [0.15, 0.2) is 48.7 Å². The fraction of sp³-hybridized carbons (Fsp3) is 0.387. The minimum atomic E-state index is -5.08. The SMILES string of the molecule is COC(=O)N[C@H](C(=O)N1C[C@@H](C)C[C@H]1c1ncc(-c2ccc(-c3ccc(C(=O)O)cc3OC(F)(F)F)cc2)[nH]1)C(C)C.O=C(O)C(F)(F)F. The molecule has 0 saturated carbocycles.